The van der Waals surface area contributed by atoms with E-state index >= 15 is 0 Å². The van der Waals surface area contributed by atoms with E-state index in [1.54, 1.807) is 0 Å². The van der Waals surface area contributed by atoms with Gasteiger partial charge in [-0.2, -0.15) is 0 Å². The normalized spacial score (nSPS) is 7.25. The van der Waals surface area contributed by atoms with Crippen molar-refractivity contribution < 1.29 is 15.0 Å². The number of aliphatic hydroxyl groups is 2. The first-order valence-corrected chi connectivity index (χ1v) is 2.42. The van der Waals surface area contributed by atoms with E-state index in [9.17, 15) is 0 Å². The molecule has 0 rings (SSSR count). The van der Waals surface area contributed by atoms with E-state index in [1.165, 1.54) is 0 Å². The van der Waals surface area contributed by atoms with Gasteiger partial charge in [0, 0.05) is 13.2 Å². The highest BCUT2D eigenvalue weighted by molar-refractivity contribution is 5.10. The highest BCUT2D eigenvalue weighted by Crippen LogP contribution is 1.80. The fraction of sp³-hybridized carbons (Fsp3) is 0.800. The van der Waals surface area contributed by atoms with Crippen LogP contribution < -0.4 is 0 Å². The van der Waals surface area contributed by atoms with E-state index < -0.39 is 0 Å². The van der Waals surface area contributed by atoms with Crippen molar-refractivity contribution in [2.24, 2.45) is 0 Å². The lowest BCUT2D eigenvalue weighted by Gasteiger charge is -1.85. The van der Waals surface area contributed by atoms with E-state index in [2.05, 4.69) is 0 Å². The monoisotopic (exact) mass is 120 g/mol. The van der Waals surface area contributed by atoms with Gasteiger partial charge in [0.1, 0.15) is 6.79 Å². The highest BCUT2D eigenvalue weighted by atomic mass is 16.3. The second kappa shape index (κ2) is 16.0. The maximum absolute atomic E-state index is 8.09. The lowest BCUT2D eigenvalue weighted by Crippen LogP contribution is -1.85. The molecule has 0 fully saturated rings. The largest absolute Gasteiger partial charge is 0.396 e. The summed E-state index contributed by atoms with van der Waals surface area (Å²) in [4.78, 5) is 8.00. The summed E-state index contributed by atoms with van der Waals surface area (Å²) in [7, 11) is 0. The third-order valence-corrected chi connectivity index (χ3v) is 0.566. The second-order valence-corrected chi connectivity index (χ2v) is 1.15. The molecule has 0 aromatic carbocycles. The molecule has 3 heteroatoms. The van der Waals surface area contributed by atoms with Crippen molar-refractivity contribution in [1.29, 1.82) is 0 Å². The van der Waals surface area contributed by atoms with E-state index in [1.807, 2.05) is 6.79 Å². The van der Waals surface area contributed by atoms with Gasteiger partial charge in [-0.3, -0.25) is 0 Å². The number of carbonyl (C=O) groups excluding carboxylic acids is 1. The van der Waals surface area contributed by atoms with Gasteiger partial charge in [0.05, 0.1) is 0 Å². The molecule has 8 heavy (non-hydrogen) atoms. The Kier molecular flexibility index (Phi) is 21.1. The minimum Gasteiger partial charge on any atom is -0.396 e. The molecule has 0 saturated heterocycles. The van der Waals surface area contributed by atoms with Crippen molar-refractivity contribution in [2.45, 2.75) is 12.8 Å². The molecule has 0 aliphatic carbocycles. The summed E-state index contributed by atoms with van der Waals surface area (Å²) in [5, 5.41) is 16.2. The van der Waals surface area contributed by atoms with Crippen LogP contribution in [0.1, 0.15) is 12.8 Å². The zero-order valence-corrected chi connectivity index (χ0v) is 4.84. The molecule has 0 bridgehead atoms. The van der Waals surface area contributed by atoms with Crippen LogP contribution in [0.5, 0.6) is 0 Å². The summed E-state index contributed by atoms with van der Waals surface area (Å²) in [6.07, 6.45) is 1.44. The van der Waals surface area contributed by atoms with E-state index in [-0.39, 0.29) is 13.2 Å². The standard InChI is InChI=1S/C4H10O2.CH2O/c5-3-1-2-4-6;1-2/h5-6H,1-4H2;1H2. The zero-order chi connectivity index (χ0) is 6.83. The van der Waals surface area contributed by atoms with Gasteiger partial charge >= 0.3 is 0 Å². The Morgan fingerprint density at radius 1 is 1.00 bits per heavy atom. The molecule has 0 aromatic rings. The molecule has 0 aliphatic rings. The number of rotatable bonds is 3. The Labute approximate surface area is 49.0 Å². The van der Waals surface area contributed by atoms with Gasteiger partial charge in [-0.05, 0) is 12.8 Å². The van der Waals surface area contributed by atoms with Crippen molar-refractivity contribution in [3.8, 4) is 0 Å². The van der Waals surface area contributed by atoms with Crippen LogP contribution in [-0.2, 0) is 4.79 Å². The quantitative estimate of drug-likeness (QED) is 0.497. The molecule has 0 spiro atoms. The Balaban J connectivity index is 0. The average molecular weight is 120 g/mol. The van der Waals surface area contributed by atoms with Gasteiger partial charge in [-0.15, -0.1) is 0 Å². The van der Waals surface area contributed by atoms with Crippen molar-refractivity contribution in [3.63, 3.8) is 0 Å². The van der Waals surface area contributed by atoms with Crippen LogP contribution in [0.3, 0.4) is 0 Å². The zero-order valence-electron chi connectivity index (χ0n) is 4.84. The number of hydrogen-bond donors (Lipinski definition) is 2. The minimum atomic E-state index is 0.195. The minimum absolute atomic E-state index is 0.195. The maximum Gasteiger partial charge on any atom is 0.106 e. The maximum atomic E-state index is 8.09. The number of unbranched alkanes of at least 4 members (excludes halogenated alkanes) is 1. The van der Waals surface area contributed by atoms with Crippen LogP contribution in [0, 0.1) is 0 Å². The predicted molar refractivity (Wildman–Crippen MR) is 30.5 cm³/mol. The molecule has 0 amide bonds. The summed E-state index contributed by atoms with van der Waals surface area (Å²) in [5.41, 5.74) is 0. The smallest absolute Gasteiger partial charge is 0.106 e. The topological polar surface area (TPSA) is 57.5 Å². The molecular formula is C5H12O3. The molecule has 0 heterocycles. The molecule has 0 aromatic heterocycles. The Morgan fingerprint density at radius 3 is 1.38 bits per heavy atom. The van der Waals surface area contributed by atoms with Gasteiger partial charge in [0.25, 0.3) is 0 Å². The molecule has 0 radical (unpaired) electrons. The van der Waals surface area contributed by atoms with Crippen LogP contribution in [0.15, 0.2) is 0 Å². The molecule has 50 valence electrons. The lowest BCUT2D eigenvalue weighted by atomic mass is 10.3. The average Bonchev–Trinajstić information content (AvgIpc) is 1.88. The van der Waals surface area contributed by atoms with Crippen LogP contribution in [-0.4, -0.2) is 30.2 Å². The van der Waals surface area contributed by atoms with Crippen LogP contribution in [0.2, 0.25) is 0 Å². The summed E-state index contributed by atoms with van der Waals surface area (Å²) >= 11 is 0. The molecule has 0 saturated carbocycles. The third-order valence-electron chi connectivity index (χ3n) is 0.566. The van der Waals surface area contributed by atoms with Gasteiger partial charge in [0.15, 0.2) is 0 Å². The van der Waals surface area contributed by atoms with E-state index in [0.717, 1.165) is 12.8 Å². The first kappa shape index (κ1) is 10.5. The molecule has 0 aliphatic heterocycles. The van der Waals surface area contributed by atoms with Gasteiger partial charge in [0.2, 0.25) is 0 Å². The highest BCUT2D eigenvalue weighted by Gasteiger charge is 1.77. The number of hydrogen-bond acceptors (Lipinski definition) is 3. The molecule has 3 nitrogen and oxygen atoms in total. The van der Waals surface area contributed by atoms with Crippen molar-refractivity contribution in [3.05, 3.63) is 0 Å². The van der Waals surface area contributed by atoms with Crippen molar-refractivity contribution >= 4 is 6.79 Å². The van der Waals surface area contributed by atoms with Crippen LogP contribution in [0.25, 0.3) is 0 Å². The summed E-state index contributed by atoms with van der Waals surface area (Å²) in [6, 6.07) is 0. The van der Waals surface area contributed by atoms with Crippen molar-refractivity contribution in [1.82, 2.24) is 0 Å². The second-order valence-electron chi connectivity index (χ2n) is 1.15. The van der Waals surface area contributed by atoms with Crippen molar-refractivity contribution in [2.75, 3.05) is 13.2 Å². The fourth-order valence-corrected chi connectivity index (χ4v) is 0.224. The molecule has 0 unspecified atom stereocenters. The number of carbonyl (C=O) groups is 1. The molecule has 2 N–H and O–H groups in total. The van der Waals surface area contributed by atoms with Crippen LogP contribution >= 0.6 is 0 Å². The van der Waals surface area contributed by atoms with Crippen LogP contribution in [0.4, 0.5) is 0 Å². The van der Waals surface area contributed by atoms with Gasteiger partial charge in [-0.25, -0.2) is 0 Å². The first-order chi connectivity index (χ1) is 3.91. The molecule has 0 atom stereocenters. The fourth-order valence-electron chi connectivity index (χ4n) is 0.224. The summed E-state index contributed by atoms with van der Waals surface area (Å²) in [5.74, 6) is 0. The lowest BCUT2D eigenvalue weighted by molar-refractivity contribution is -0.0979. The first-order valence-electron chi connectivity index (χ1n) is 2.42. The summed E-state index contributed by atoms with van der Waals surface area (Å²) in [6.45, 7) is 2.39. The molecular weight excluding hydrogens is 108 g/mol. The summed E-state index contributed by atoms with van der Waals surface area (Å²) < 4.78 is 0. The van der Waals surface area contributed by atoms with Gasteiger partial charge < -0.3 is 15.0 Å². The predicted octanol–water partition coefficient (Wildman–Crippen LogP) is -0.434. The SMILES string of the molecule is C=O.OCCCCO. The Bertz CT molecular complexity index is 26.9. The Hall–Kier alpha value is -0.410. The van der Waals surface area contributed by atoms with E-state index in [4.69, 9.17) is 15.0 Å². The number of aliphatic hydroxyl groups excluding tert-OH is 2. The van der Waals surface area contributed by atoms with E-state index in [0.29, 0.717) is 0 Å². The Morgan fingerprint density at radius 2 is 1.25 bits per heavy atom. The van der Waals surface area contributed by atoms with Gasteiger partial charge in [-0.1, -0.05) is 0 Å². The third kappa shape index (κ3) is 17.6.